The average Bonchev–Trinajstić information content (AvgIpc) is 2.57. The van der Waals surface area contributed by atoms with Crippen LogP contribution in [0.3, 0.4) is 0 Å². The van der Waals surface area contributed by atoms with Gasteiger partial charge < -0.3 is 20.1 Å². The molecule has 2 aliphatic rings. The summed E-state index contributed by atoms with van der Waals surface area (Å²) in [5.74, 6) is 0. The summed E-state index contributed by atoms with van der Waals surface area (Å²) in [4.78, 5) is 13.8. The first-order valence-corrected chi connectivity index (χ1v) is 6.67. The van der Waals surface area contributed by atoms with Crippen molar-refractivity contribution in [3.63, 3.8) is 0 Å². The molecule has 2 unspecified atom stereocenters. The van der Waals surface area contributed by atoms with Gasteiger partial charge in [-0.1, -0.05) is 0 Å². The molecule has 18 heavy (non-hydrogen) atoms. The summed E-state index contributed by atoms with van der Waals surface area (Å²) < 4.78 is 11.2. The van der Waals surface area contributed by atoms with Gasteiger partial charge in [0.05, 0.1) is 18.8 Å². The Morgan fingerprint density at radius 1 is 1.50 bits per heavy atom. The molecule has 0 bridgehead atoms. The summed E-state index contributed by atoms with van der Waals surface area (Å²) >= 11 is 0. The van der Waals surface area contributed by atoms with Gasteiger partial charge in [0.25, 0.3) is 0 Å². The van der Waals surface area contributed by atoms with Crippen molar-refractivity contribution in [1.82, 2.24) is 4.90 Å². The molecule has 2 heterocycles. The van der Waals surface area contributed by atoms with Crippen LogP contribution in [0.25, 0.3) is 0 Å². The number of nitrogens with zero attached hydrogens (tertiary/aromatic N) is 1. The number of rotatable bonds is 0. The smallest absolute Gasteiger partial charge is 0.410 e. The van der Waals surface area contributed by atoms with Crippen LogP contribution in [0, 0.1) is 0 Å². The SMILES string of the molecule is CC(C)(C)OC(=O)N1CCCC2(CC(N)CO2)C1. The van der Waals surface area contributed by atoms with E-state index in [2.05, 4.69) is 0 Å². The lowest BCUT2D eigenvalue weighted by atomic mass is 9.89. The first kappa shape index (κ1) is 13.6. The molecule has 0 saturated carbocycles. The Balaban J connectivity index is 1.97. The molecule has 1 amide bonds. The lowest BCUT2D eigenvalue weighted by molar-refractivity contribution is -0.0576. The number of nitrogens with two attached hydrogens (primary N) is 1. The minimum Gasteiger partial charge on any atom is -0.444 e. The summed E-state index contributed by atoms with van der Waals surface area (Å²) in [7, 11) is 0. The predicted molar refractivity (Wildman–Crippen MR) is 68.3 cm³/mol. The fraction of sp³-hybridized carbons (Fsp3) is 0.923. The number of amides is 1. The third-order valence-corrected chi connectivity index (χ3v) is 3.43. The summed E-state index contributed by atoms with van der Waals surface area (Å²) in [6.07, 6.45) is 2.53. The van der Waals surface area contributed by atoms with Gasteiger partial charge in [-0.25, -0.2) is 4.79 Å². The molecule has 2 atom stereocenters. The quantitative estimate of drug-likeness (QED) is 0.713. The molecule has 2 fully saturated rings. The maximum atomic E-state index is 12.1. The monoisotopic (exact) mass is 256 g/mol. The minimum atomic E-state index is -0.450. The summed E-state index contributed by atoms with van der Waals surface area (Å²) in [6, 6.07) is 0.101. The molecule has 0 aromatic heterocycles. The Kier molecular flexibility index (Phi) is 3.56. The average molecular weight is 256 g/mol. The van der Waals surface area contributed by atoms with Gasteiger partial charge in [0.15, 0.2) is 0 Å². The lowest BCUT2D eigenvalue weighted by Gasteiger charge is -2.40. The first-order chi connectivity index (χ1) is 8.30. The highest BCUT2D eigenvalue weighted by Crippen LogP contribution is 2.34. The van der Waals surface area contributed by atoms with Crippen molar-refractivity contribution < 1.29 is 14.3 Å². The van der Waals surface area contributed by atoms with E-state index in [0.717, 1.165) is 25.8 Å². The van der Waals surface area contributed by atoms with Crippen LogP contribution in [0.5, 0.6) is 0 Å². The highest BCUT2D eigenvalue weighted by Gasteiger charge is 2.44. The number of ether oxygens (including phenoxy) is 2. The van der Waals surface area contributed by atoms with Crippen LogP contribution in [0.1, 0.15) is 40.0 Å². The van der Waals surface area contributed by atoms with Crippen molar-refractivity contribution in [3.05, 3.63) is 0 Å². The highest BCUT2D eigenvalue weighted by atomic mass is 16.6. The Labute approximate surface area is 109 Å². The van der Waals surface area contributed by atoms with Crippen molar-refractivity contribution in [2.24, 2.45) is 5.73 Å². The number of carbonyl (C=O) groups excluding carboxylic acids is 1. The topological polar surface area (TPSA) is 64.8 Å². The van der Waals surface area contributed by atoms with Gasteiger partial charge in [0, 0.05) is 12.6 Å². The maximum absolute atomic E-state index is 12.1. The molecular formula is C13H24N2O3. The van der Waals surface area contributed by atoms with Crippen LogP contribution >= 0.6 is 0 Å². The van der Waals surface area contributed by atoms with Gasteiger partial charge in [0.1, 0.15) is 5.60 Å². The molecule has 5 heteroatoms. The van der Waals surface area contributed by atoms with Crippen molar-refractivity contribution in [2.75, 3.05) is 19.7 Å². The Morgan fingerprint density at radius 3 is 2.78 bits per heavy atom. The zero-order chi connectivity index (χ0) is 13.4. The van der Waals surface area contributed by atoms with Crippen molar-refractivity contribution in [2.45, 2.75) is 57.3 Å². The van der Waals surface area contributed by atoms with Crippen molar-refractivity contribution >= 4 is 6.09 Å². The number of carbonyl (C=O) groups is 1. The molecule has 2 aliphatic heterocycles. The second kappa shape index (κ2) is 4.70. The largest absolute Gasteiger partial charge is 0.444 e. The molecule has 0 aliphatic carbocycles. The molecular weight excluding hydrogens is 232 g/mol. The number of piperidine rings is 1. The third kappa shape index (κ3) is 3.14. The van der Waals surface area contributed by atoms with Crippen LogP contribution in [0.4, 0.5) is 4.79 Å². The summed E-state index contributed by atoms with van der Waals surface area (Å²) in [6.45, 7) is 7.60. The van der Waals surface area contributed by atoms with E-state index in [-0.39, 0.29) is 17.7 Å². The molecule has 0 aromatic carbocycles. The molecule has 0 radical (unpaired) electrons. The fourth-order valence-electron chi connectivity index (χ4n) is 2.74. The Hall–Kier alpha value is -0.810. The second-order valence-electron chi connectivity index (χ2n) is 6.46. The Bertz CT molecular complexity index is 323. The molecule has 104 valence electrons. The van der Waals surface area contributed by atoms with Gasteiger partial charge >= 0.3 is 6.09 Å². The van der Waals surface area contributed by atoms with Gasteiger partial charge in [-0.3, -0.25) is 0 Å². The minimum absolute atomic E-state index is 0.101. The van der Waals surface area contributed by atoms with Crippen LogP contribution in [0.15, 0.2) is 0 Å². The lowest BCUT2D eigenvalue weighted by Crippen LogP contribution is -2.51. The number of likely N-dealkylation sites (tertiary alicyclic amines) is 1. The van der Waals surface area contributed by atoms with Gasteiger partial charge in [-0.2, -0.15) is 0 Å². The Morgan fingerprint density at radius 2 is 2.22 bits per heavy atom. The third-order valence-electron chi connectivity index (χ3n) is 3.43. The molecule has 5 nitrogen and oxygen atoms in total. The normalized spacial score (nSPS) is 32.9. The van der Waals surface area contributed by atoms with Gasteiger partial charge in [-0.15, -0.1) is 0 Å². The number of hydrogen-bond donors (Lipinski definition) is 1. The summed E-state index contributed by atoms with van der Waals surface area (Å²) in [5.41, 5.74) is 5.23. The van der Waals surface area contributed by atoms with E-state index in [1.807, 2.05) is 20.8 Å². The van der Waals surface area contributed by atoms with E-state index in [1.54, 1.807) is 4.90 Å². The van der Waals surface area contributed by atoms with Crippen molar-refractivity contribution in [3.8, 4) is 0 Å². The van der Waals surface area contributed by atoms with E-state index >= 15 is 0 Å². The molecule has 2 saturated heterocycles. The maximum Gasteiger partial charge on any atom is 0.410 e. The molecule has 0 aromatic rings. The highest BCUT2D eigenvalue weighted by molar-refractivity contribution is 5.68. The summed E-state index contributed by atoms with van der Waals surface area (Å²) in [5, 5.41) is 0. The molecule has 1 spiro atoms. The molecule has 2 N–H and O–H groups in total. The zero-order valence-electron chi connectivity index (χ0n) is 11.6. The van der Waals surface area contributed by atoms with E-state index < -0.39 is 5.60 Å². The van der Waals surface area contributed by atoms with Crippen molar-refractivity contribution in [1.29, 1.82) is 0 Å². The standard InChI is InChI=1S/C13H24N2O3/c1-12(2,3)18-11(16)15-6-4-5-13(9-15)7-10(14)8-17-13/h10H,4-9,14H2,1-3H3. The zero-order valence-corrected chi connectivity index (χ0v) is 11.6. The van der Waals surface area contributed by atoms with E-state index in [4.69, 9.17) is 15.2 Å². The van der Waals surface area contributed by atoms with Crippen LogP contribution in [-0.4, -0.2) is 47.9 Å². The van der Waals surface area contributed by atoms with Gasteiger partial charge in [-0.05, 0) is 40.0 Å². The molecule has 2 rings (SSSR count). The van der Waals surface area contributed by atoms with E-state index in [9.17, 15) is 4.79 Å². The van der Waals surface area contributed by atoms with Gasteiger partial charge in [0.2, 0.25) is 0 Å². The predicted octanol–water partition coefficient (Wildman–Crippen LogP) is 1.50. The number of hydrogen-bond acceptors (Lipinski definition) is 4. The van der Waals surface area contributed by atoms with Crippen LogP contribution < -0.4 is 5.73 Å². The van der Waals surface area contributed by atoms with E-state index in [1.165, 1.54) is 0 Å². The van der Waals surface area contributed by atoms with Crippen LogP contribution in [-0.2, 0) is 9.47 Å². The first-order valence-electron chi connectivity index (χ1n) is 6.67. The fourth-order valence-corrected chi connectivity index (χ4v) is 2.74. The second-order valence-corrected chi connectivity index (χ2v) is 6.46. The van der Waals surface area contributed by atoms with E-state index in [0.29, 0.717) is 13.2 Å². The van der Waals surface area contributed by atoms with Crippen LogP contribution in [0.2, 0.25) is 0 Å².